The normalized spacial score (nSPS) is 25.6. The highest BCUT2D eigenvalue weighted by Gasteiger charge is 2.31. The topological polar surface area (TPSA) is 45.2 Å². The van der Waals surface area contributed by atoms with Crippen molar-refractivity contribution < 1.29 is 14.6 Å². The van der Waals surface area contributed by atoms with E-state index < -0.39 is 0 Å². The van der Waals surface area contributed by atoms with Crippen LogP contribution >= 0.6 is 0 Å². The van der Waals surface area contributed by atoms with Crippen LogP contribution in [0.4, 0.5) is 0 Å². The van der Waals surface area contributed by atoms with Gasteiger partial charge in [0.05, 0.1) is 6.10 Å². The molecule has 2 heterocycles. The summed E-state index contributed by atoms with van der Waals surface area (Å²) >= 11 is 0. The summed E-state index contributed by atoms with van der Waals surface area (Å²) in [5.74, 6) is 1.64. The first kappa shape index (κ1) is 13.7. The van der Waals surface area contributed by atoms with Crippen molar-refractivity contribution >= 4 is 0 Å². The number of β-amino-alcohol motifs (C(OH)–C–C–N with tert-alkyl or cyclic N) is 1. The van der Waals surface area contributed by atoms with Crippen LogP contribution in [0.5, 0.6) is 11.5 Å². The quantitative estimate of drug-likeness (QED) is 0.887. The van der Waals surface area contributed by atoms with Crippen molar-refractivity contribution in [3.8, 4) is 11.5 Å². The molecule has 0 bridgehead atoms. The van der Waals surface area contributed by atoms with Crippen LogP contribution in [0, 0.1) is 0 Å². The zero-order chi connectivity index (χ0) is 14.1. The highest BCUT2D eigenvalue weighted by Crippen LogP contribution is 2.33. The van der Waals surface area contributed by atoms with E-state index in [1.165, 1.54) is 5.56 Å². The summed E-state index contributed by atoms with van der Waals surface area (Å²) in [6, 6.07) is 6.49. The number of rotatable bonds is 4. The van der Waals surface area contributed by atoms with E-state index in [4.69, 9.17) is 9.47 Å². The van der Waals surface area contributed by atoms with Gasteiger partial charge in [-0.25, -0.2) is 0 Å². The highest BCUT2D eigenvalue weighted by molar-refractivity contribution is 5.44. The van der Waals surface area contributed by atoms with Crippen LogP contribution in [0.15, 0.2) is 18.2 Å². The molecule has 2 atom stereocenters. The van der Waals surface area contributed by atoms with Crippen LogP contribution in [-0.4, -0.2) is 61.0 Å². The molecular weight excluding hydrogens is 256 g/mol. The third-order valence-corrected chi connectivity index (χ3v) is 3.90. The second-order valence-electron chi connectivity index (χ2n) is 5.92. The predicted molar refractivity (Wildman–Crippen MR) is 75.9 cm³/mol. The number of likely N-dealkylation sites (tertiary alicyclic amines) is 1. The maximum Gasteiger partial charge on any atom is 0.231 e. The number of likely N-dealkylation sites (N-methyl/N-ethyl adjacent to an activating group) is 1. The summed E-state index contributed by atoms with van der Waals surface area (Å²) in [5, 5.41) is 9.91. The molecule has 0 radical (unpaired) electrons. The Labute approximate surface area is 119 Å². The molecule has 3 rings (SSSR count). The van der Waals surface area contributed by atoms with Gasteiger partial charge in [0.1, 0.15) is 0 Å². The highest BCUT2D eigenvalue weighted by atomic mass is 16.7. The first-order valence-corrected chi connectivity index (χ1v) is 7.07. The molecule has 1 aromatic carbocycles. The molecule has 2 unspecified atom stereocenters. The third-order valence-electron chi connectivity index (χ3n) is 3.90. The molecule has 0 saturated carbocycles. The largest absolute Gasteiger partial charge is 0.454 e. The Hall–Kier alpha value is -1.30. The summed E-state index contributed by atoms with van der Waals surface area (Å²) in [7, 11) is 4.15. The van der Waals surface area contributed by atoms with Crippen LogP contribution in [-0.2, 0) is 6.54 Å². The van der Waals surface area contributed by atoms with Crippen LogP contribution < -0.4 is 9.47 Å². The lowest BCUT2D eigenvalue weighted by Gasteiger charge is -2.26. The van der Waals surface area contributed by atoms with Gasteiger partial charge in [0.15, 0.2) is 11.5 Å². The van der Waals surface area contributed by atoms with Gasteiger partial charge in [0.25, 0.3) is 0 Å². The van der Waals surface area contributed by atoms with Gasteiger partial charge in [0.2, 0.25) is 6.79 Å². The van der Waals surface area contributed by atoms with Crippen molar-refractivity contribution in [1.29, 1.82) is 0 Å². The summed E-state index contributed by atoms with van der Waals surface area (Å²) in [5.41, 5.74) is 1.20. The van der Waals surface area contributed by atoms with Crippen molar-refractivity contribution in [1.82, 2.24) is 9.80 Å². The molecule has 0 amide bonds. The molecule has 20 heavy (non-hydrogen) atoms. The van der Waals surface area contributed by atoms with E-state index in [9.17, 15) is 5.11 Å². The minimum Gasteiger partial charge on any atom is -0.454 e. The van der Waals surface area contributed by atoms with Gasteiger partial charge < -0.3 is 19.5 Å². The van der Waals surface area contributed by atoms with E-state index in [0.717, 1.165) is 37.6 Å². The lowest BCUT2D eigenvalue weighted by Crippen LogP contribution is -2.37. The standard InChI is InChI=1S/C15H22N2O3/c1-16(2)8-12-6-13(18)9-17(12)7-11-3-4-14-15(5-11)20-10-19-14/h3-5,12-13,18H,6-10H2,1-2H3. The van der Waals surface area contributed by atoms with E-state index in [1.807, 2.05) is 12.1 Å². The smallest absolute Gasteiger partial charge is 0.231 e. The van der Waals surface area contributed by atoms with Crippen molar-refractivity contribution in [2.75, 3.05) is 34.0 Å². The number of aliphatic hydroxyl groups excluding tert-OH is 1. The van der Waals surface area contributed by atoms with Gasteiger partial charge >= 0.3 is 0 Å². The molecule has 1 fully saturated rings. The second kappa shape index (κ2) is 5.60. The van der Waals surface area contributed by atoms with E-state index >= 15 is 0 Å². The Bertz CT molecular complexity index is 478. The minimum atomic E-state index is -0.214. The van der Waals surface area contributed by atoms with E-state index in [2.05, 4.69) is 30.0 Å². The Balaban J connectivity index is 1.69. The molecule has 5 heteroatoms. The van der Waals surface area contributed by atoms with Gasteiger partial charge in [-0.05, 0) is 38.2 Å². The Kier molecular flexibility index (Phi) is 3.83. The fraction of sp³-hybridized carbons (Fsp3) is 0.600. The Morgan fingerprint density at radius 3 is 2.90 bits per heavy atom. The maximum absolute atomic E-state index is 9.91. The molecule has 1 aromatic rings. The van der Waals surface area contributed by atoms with Crippen molar-refractivity contribution in [2.24, 2.45) is 0 Å². The zero-order valence-electron chi connectivity index (χ0n) is 12.1. The summed E-state index contributed by atoms with van der Waals surface area (Å²) in [6.07, 6.45) is 0.636. The lowest BCUT2D eigenvalue weighted by atomic mass is 10.1. The fourth-order valence-electron chi connectivity index (χ4n) is 3.04. The van der Waals surface area contributed by atoms with E-state index in [-0.39, 0.29) is 6.10 Å². The molecular formula is C15H22N2O3. The molecule has 2 aliphatic heterocycles. The lowest BCUT2D eigenvalue weighted by molar-refractivity contribution is 0.169. The van der Waals surface area contributed by atoms with Crippen molar-refractivity contribution in [2.45, 2.75) is 25.1 Å². The Morgan fingerprint density at radius 1 is 1.30 bits per heavy atom. The maximum atomic E-state index is 9.91. The van der Waals surface area contributed by atoms with E-state index in [1.54, 1.807) is 0 Å². The molecule has 5 nitrogen and oxygen atoms in total. The van der Waals surface area contributed by atoms with Gasteiger partial charge in [-0.2, -0.15) is 0 Å². The van der Waals surface area contributed by atoms with Gasteiger partial charge in [-0.15, -0.1) is 0 Å². The SMILES string of the molecule is CN(C)CC1CC(O)CN1Cc1ccc2c(c1)OCO2. The number of ether oxygens (including phenoxy) is 2. The minimum absolute atomic E-state index is 0.214. The van der Waals surface area contributed by atoms with Crippen molar-refractivity contribution in [3.05, 3.63) is 23.8 Å². The monoisotopic (exact) mass is 278 g/mol. The number of benzene rings is 1. The third kappa shape index (κ3) is 2.90. The van der Waals surface area contributed by atoms with E-state index in [0.29, 0.717) is 12.8 Å². The molecule has 0 spiro atoms. The fourth-order valence-corrected chi connectivity index (χ4v) is 3.04. The second-order valence-corrected chi connectivity index (χ2v) is 5.92. The predicted octanol–water partition coefficient (Wildman–Crippen LogP) is 0.912. The molecule has 1 saturated heterocycles. The zero-order valence-corrected chi connectivity index (χ0v) is 12.1. The van der Waals surface area contributed by atoms with Crippen LogP contribution in [0.2, 0.25) is 0 Å². The summed E-state index contributed by atoms with van der Waals surface area (Å²) in [4.78, 5) is 4.53. The first-order chi connectivity index (χ1) is 9.61. The van der Waals surface area contributed by atoms with Gasteiger partial charge in [0, 0.05) is 25.7 Å². The molecule has 2 aliphatic rings. The molecule has 1 N–H and O–H groups in total. The number of hydrogen-bond acceptors (Lipinski definition) is 5. The van der Waals surface area contributed by atoms with Crippen molar-refractivity contribution in [3.63, 3.8) is 0 Å². The van der Waals surface area contributed by atoms with Gasteiger partial charge in [-0.1, -0.05) is 6.07 Å². The average molecular weight is 278 g/mol. The van der Waals surface area contributed by atoms with Crippen LogP contribution in [0.1, 0.15) is 12.0 Å². The Morgan fingerprint density at radius 2 is 2.10 bits per heavy atom. The number of nitrogens with zero attached hydrogens (tertiary/aromatic N) is 2. The van der Waals surface area contributed by atoms with Crippen LogP contribution in [0.25, 0.3) is 0 Å². The average Bonchev–Trinajstić information content (AvgIpc) is 2.95. The molecule has 110 valence electrons. The number of aliphatic hydroxyl groups is 1. The molecule has 0 aromatic heterocycles. The summed E-state index contributed by atoms with van der Waals surface area (Å²) in [6.45, 7) is 2.87. The first-order valence-electron chi connectivity index (χ1n) is 7.07. The van der Waals surface area contributed by atoms with Crippen LogP contribution in [0.3, 0.4) is 0 Å². The van der Waals surface area contributed by atoms with Gasteiger partial charge in [-0.3, -0.25) is 4.90 Å². The molecule has 0 aliphatic carbocycles. The summed E-state index contributed by atoms with van der Waals surface area (Å²) < 4.78 is 10.7. The number of hydrogen-bond donors (Lipinski definition) is 1. The number of fused-ring (bicyclic) bond motifs is 1.